The van der Waals surface area contributed by atoms with E-state index in [0.717, 1.165) is 38.6 Å². The Morgan fingerprint density at radius 3 is 2.56 bits per heavy atom. The third kappa shape index (κ3) is 3.71. The van der Waals surface area contributed by atoms with Gasteiger partial charge >= 0.3 is 0 Å². The van der Waals surface area contributed by atoms with Crippen LogP contribution in [0.15, 0.2) is 82.3 Å². The van der Waals surface area contributed by atoms with Gasteiger partial charge in [0.1, 0.15) is 11.2 Å². The van der Waals surface area contributed by atoms with Crippen molar-refractivity contribution < 1.29 is 0 Å². The van der Waals surface area contributed by atoms with Crippen LogP contribution in [0.25, 0.3) is 27.0 Å². The first kappa shape index (κ1) is 20.8. The first-order valence-corrected chi connectivity index (χ1v) is 12.0. The van der Waals surface area contributed by atoms with Crippen molar-refractivity contribution in [3.63, 3.8) is 0 Å². The first-order chi connectivity index (χ1) is 15.5. The van der Waals surface area contributed by atoms with Gasteiger partial charge in [0.05, 0.1) is 11.6 Å². The molecule has 0 bridgehead atoms. The molecule has 2 aromatic carbocycles. The lowest BCUT2D eigenvalue weighted by molar-refractivity contribution is 0.818. The van der Waals surface area contributed by atoms with Gasteiger partial charge in [0.2, 0.25) is 0 Å². The highest BCUT2D eigenvalue weighted by atomic mass is 127. The average Bonchev–Trinajstić information content (AvgIpc) is 3.36. The van der Waals surface area contributed by atoms with Crippen LogP contribution in [-0.2, 0) is 0 Å². The minimum atomic E-state index is -0.169. The molecule has 5 aromatic rings. The normalized spacial score (nSPS) is 11.6. The van der Waals surface area contributed by atoms with Crippen LogP contribution in [0, 0.1) is 17.4 Å². The summed E-state index contributed by atoms with van der Waals surface area (Å²) in [7, 11) is 0. The highest BCUT2D eigenvalue weighted by Gasteiger charge is 2.13. The summed E-state index contributed by atoms with van der Waals surface area (Å²) in [4.78, 5) is 18.4. The molecule has 3 aromatic heterocycles. The molecule has 0 saturated carbocycles. The lowest BCUT2D eigenvalue weighted by Gasteiger charge is -2.09. The number of hydrogen-bond donors (Lipinski definition) is 0. The maximum absolute atomic E-state index is 13.2. The maximum Gasteiger partial charge on any atom is 0.283 e. The predicted molar refractivity (Wildman–Crippen MR) is 140 cm³/mol. The number of hydrogen-bond acceptors (Lipinski definition) is 4. The molecule has 0 aliphatic rings. The standard InChI is InChI=1S/C25H19IN4OS/c1-16-12-19(17(2)30(16)21-10-8-20(26)9-11-21)13-28-29-15-27-24-23(25(29)31)22(14-32-24)18-6-4-3-5-7-18/h3-15H,1-2H3. The van der Waals surface area contributed by atoms with Crippen molar-refractivity contribution in [3.05, 3.63) is 103 Å². The fraction of sp³-hybridized carbons (Fsp3) is 0.0800. The Morgan fingerprint density at radius 1 is 1.06 bits per heavy atom. The van der Waals surface area contributed by atoms with Crippen LogP contribution < -0.4 is 5.56 Å². The fourth-order valence-corrected chi connectivity index (χ4v) is 5.13. The molecule has 3 heterocycles. The van der Waals surface area contributed by atoms with Crippen LogP contribution in [-0.4, -0.2) is 20.4 Å². The Hall–Kier alpha value is -3.04. The number of rotatable bonds is 4. The Labute approximate surface area is 202 Å². The van der Waals surface area contributed by atoms with E-state index < -0.39 is 0 Å². The molecule has 5 nitrogen and oxygen atoms in total. The second-order valence-electron chi connectivity index (χ2n) is 7.47. The molecule has 0 aliphatic heterocycles. The quantitative estimate of drug-likeness (QED) is 0.203. The largest absolute Gasteiger partial charge is 0.318 e. The molecule has 0 saturated heterocycles. The Kier molecular flexibility index (Phi) is 5.52. The van der Waals surface area contributed by atoms with Crippen LogP contribution >= 0.6 is 33.9 Å². The maximum atomic E-state index is 13.2. The Bertz CT molecular complexity index is 1510. The molecular weight excluding hydrogens is 531 g/mol. The topological polar surface area (TPSA) is 52.2 Å². The molecule has 0 aliphatic carbocycles. The van der Waals surface area contributed by atoms with E-state index in [1.165, 1.54) is 25.9 Å². The predicted octanol–water partition coefficient (Wildman–Crippen LogP) is 6.02. The van der Waals surface area contributed by atoms with Crippen LogP contribution in [0.3, 0.4) is 0 Å². The molecule has 5 rings (SSSR count). The zero-order chi connectivity index (χ0) is 22.2. The molecule has 7 heteroatoms. The SMILES string of the molecule is Cc1cc(C=Nn2cnc3scc(-c4ccccc4)c3c2=O)c(C)n1-c1ccc(I)cc1. The van der Waals surface area contributed by atoms with Gasteiger partial charge in [0, 0.05) is 37.2 Å². The number of aryl methyl sites for hydroxylation is 1. The van der Waals surface area contributed by atoms with Gasteiger partial charge in [-0.15, -0.1) is 11.3 Å². The van der Waals surface area contributed by atoms with Gasteiger partial charge in [-0.2, -0.15) is 9.78 Å². The highest BCUT2D eigenvalue weighted by molar-refractivity contribution is 14.1. The van der Waals surface area contributed by atoms with Crippen molar-refractivity contribution in [2.75, 3.05) is 0 Å². The van der Waals surface area contributed by atoms with Gasteiger partial charge in [-0.1, -0.05) is 30.3 Å². The minimum absolute atomic E-state index is 0.169. The summed E-state index contributed by atoms with van der Waals surface area (Å²) in [6.07, 6.45) is 3.22. The molecule has 0 amide bonds. The van der Waals surface area contributed by atoms with E-state index in [1.54, 1.807) is 6.21 Å². The van der Waals surface area contributed by atoms with E-state index in [-0.39, 0.29) is 5.56 Å². The van der Waals surface area contributed by atoms with Gasteiger partial charge in [-0.05, 0) is 72.3 Å². The molecule has 0 fully saturated rings. The summed E-state index contributed by atoms with van der Waals surface area (Å²) in [5, 5.41) is 7.06. The van der Waals surface area contributed by atoms with Crippen molar-refractivity contribution in [1.82, 2.24) is 14.2 Å². The number of fused-ring (bicyclic) bond motifs is 1. The fourth-order valence-electron chi connectivity index (χ4n) is 3.87. The van der Waals surface area contributed by atoms with E-state index in [1.807, 2.05) is 35.7 Å². The van der Waals surface area contributed by atoms with E-state index in [9.17, 15) is 4.79 Å². The van der Waals surface area contributed by atoms with E-state index in [0.29, 0.717) is 5.39 Å². The average molecular weight is 550 g/mol. The molecule has 0 spiro atoms. The highest BCUT2D eigenvalue weighted by Crippen LogP contribution is 2.30. The monoisotopic (exact) mass is 550 g/mol. The van der Waals surface area contributed by atoms with Gasteiger partial charge in [0.15, 0.2) is 0 Å². The van der Waals surface area contributed by atoms with E-state index >= 15 is 0 Å². The van der Waals surface area contributed by atoms with Gasteiger partial charge in [0.25, 0.3) is 5.56 Å². The molecule has 32 heavy (non-hydrogen) atoms. The van der Waals surface area contributed by atoms with Gasteiger partial charge in [-0.25, -0.2) is 4.98 Å². The lowest BCUT2D eigenvalue weighted by atomic mass is 10.1. The summed E-state index contributed by atoms with van der Waals surface area (Å²) < 4.78 is 4.70. The smallest absolute Gasteiger partial charge is 0.283 e. The third-order valence-electron chi connectivity index (χ3n) is 5.44. The second-order valence-corrected chi connectivity index (χ2v) is 9.58. The van der Waals surface area contributed by atoms with Crippen molar-refractivity contribution in [1.29, 1.82) is 0 Å². The lowest BCUT2D eigenvalue weighted by Crippen LogP contribution is -2.16. The molecule has 0 N–H and O–H groups in total. The minimum Gasteiger partial charge on any atom is -0.318 e. The number of halogens is 1. The zero-order valence-electron chi connectivity index (χ0n) is 17.5. The number of aromatic nitrogens is 3. The van der Waals surface area contributed by atoms with Crippen molar-refractivity contribution in [2.45, 2.75) is 13.8 Å². The van der Waals surface area contributed by atoms with Crippen LogP contribution in [0.4, 0.5) is 0 Å². The number of nitrogens with zero attached hydrogens (tertiary/aromatic N) is 4. The van der Waals surface area contributed by atoms with E-state index in [2.05, 4.69) is 81.4 Å². The summed E-state index contributed by atoms with van der Waals surface area (Å²) in [6, 6.07) is 20.4. The van der Waals surface area contributed by atoms with Gasteiger partial charge in [-0.3, -0.25) is 4.79 Å². The molecule has 0 atom stereocenters. The summed E-state index contributed by atoms with van der Waals surface area (Å²) >= 11 is 3.78. The van der Waals surface area contributed by atoms with Crippen molar-refractivity contribution in [3.8, 4) is 16.8 Å². The molecule has 158 valence electrons. The van der Waals surface area contributed by atoms with Crippen molar-refractivity contribution >= 4 is 50.4 Å². The summed E-state index contributed by atoms with van der Waals surface area (Å²) in [6.45, 7) is 4.13. The molecule has 0 unspecified atom stereocenters. The first-order valence-electron chi connectivity index (χ1n) is 10.1. The molecule has 0 radical (unpaired) electrons. The third-order valence-corrected chi connectivity index (χ3v) is 7.04. The van der Waals surface area contributed by atoms with Crippen LogP contribution in [0.5, 0.6) is 0 Å². The Morgan fingerprint density at radius 2 is 1.81 bits per heavy atom. The van der Waals surface area contributed by atoms with Crippen LogP contribution in [0.2, 0.25) is 0 Å². The zero-order valence-corrected chi connectivity index (χ0v) is 20.5. The molecular formula is C25H19IN4OS. The van der Waals surface area contributed by atoms with E-state index in [4.69, 9.17) is 0 Å². The van der Waals surface area contributed by atoms with Crippen LogP contribution in [0.1, 0.15) is 17.0 Å². The Balaban J connectivity index is 1.55. The summed E-state index contributed by atoms with van der Waals surface area (Å²) in [5.74, 6) is 0. The number of benzene rings is 2. The van der Waals surface area contributed by atoms with Crippen molar-refractivity contribution in [2.24, 2.45) is 5.10 Å². The summed E-state index contributed by atoms with van der Waals surface area (Å²) in [5.41, 5.74) is 5.96. The van der Waals surface area contributed by atoms with Gasteiger partial charge < -0.3 is 4.57 Å². The second kappa shape index (κ2) is 8.48. The number of thiophene rings is 1.